The third kappa shape index (κ3) is 3.63. The molecular formula is C13H24N4O. The van der Waals surface area contributed by atoms with Crippen LogP contribution < -0.4 is 5.32 Å². The Balaban J connectivity index is 2.74. The molecule has 0 saturated carbocycles. The highest BCUT2D eigenvalue weighted by Crippen LogP contribution is 2.16. The summed E-state index contributed by atoms with van der Waals surface area (Å²) >= 11 is 0. The fourth-order valence-corrected chi connectivity index (χ4v) is 1.48. The molecule has 5 nitrogen and oxygen atoms in total. The molecule has 1 aromatic heterocycles. The lowest BCUT2D eigenvalue weighted by Gasteiger charge is -2.27. The Kier molecular flexibility index (Phi) is 5.02. The molecule has 0 radical (unpaired) electrons. The highest BCUT2D eigenvalue weighted by Gasteiger charge is 2.24. The largest absolute Gasteiger partial charge is 0.388 e. The summed E-state index contributed by atoms with van der Waals surface area (Å²) in [6.07, 6.45) is 1.68. The number of nitrogens with zero attached hydrogens (tertiary/aromatic N) is 3. The van der Waals surface area contributed by atoms with Crippen LogP contribution in [-0.4, -0.2) is 32.4 Å². The Morgan fingerprint density at radius 3 is 2.28 bits per heavy atom. The minimum atomic E-state index is -0.779. The number of aryl methyl sites for hydroxylation is 2. The van der Waals surface area contributed by atoms with E-state index >= 15 is 0 Å². The molecule has 102 valence electrons. The van der Waals surface area contributed by atoms with Crippen LogP contribution in [0.5, 0.6) is 0 Å². The molecule has 0 aromatic carbocycles. The van der Waals surface area contributed by atoms with Crippen LogP contribution in [0, 0.1) is 5.92 Å². The van der Waals surface area contributed by atoms with Crippen molar-refractivity contribution in [2.24, 2.45) is 5.92 Å². The van der Waals surface area contributed by atoms with E-state index in [-0.39, 0.29) is 5.92 Å². The van der Waals surface area contributed by atoms with Crippen molar-refractivity contribution >= 4 is 5.95 Å². The maximum absolute atomic E-state index is 10.1. The van der Waals surface area contributed by atoms with E-state index in [4.69, 9.17) is 0 Å². The fraction of sp³-hybridized carbons (Fsp3) is 0.769. The Bertz CT molecular complexity index is 391. The summed E-state index contributed by atoms with van der Waals surface area (Å²) in [5.74, 6) is 0.656. The molecule has 0 fully saturated rings. The molecule has 1 atom stereocenters. The Hall–Kier alpha value is -1.23. The second kappa shape index (κ2) is 6.09. The van der Waals surface area contributed by atoms with Crippen molar-refractivity contribution in [3.05, 3.63) is 11.4 Å². The first kappa shape index (κ1) is 14.8. The van der Waals surface area contributed by atoms with Gasteiger partial charge in [-0.05, 0) is 25.7 Å². The van der Waals surface area contributed by atoms with Gasteiger partial charge in [0.25, 0.3) is 0 Å². The van der Waals surface area contributed by atoms with Gasteiger partial charge in [0.15, 0.2) is 0 Å². The number of aromatic nitrogens is 3. The van der Waals surface area contributed by atoms with E-state index in [2.05, 4.69) is 27.4 Å². The average molecular weight is 252 g/mol. The summed E-state index contributed by atoms with van der Waals surface area (Å²) < 4.78 is 0. The van der Waals surface area contributed by atoms with Crippen LogP contribution in [0.2, 0.25) is 0 Å². The summed E-state index contributed by atoms with van der Waals surface area (Å²) in [5.41, 5.74) is 1.14. The maximum atomic E-state index is 10.1. The minimum Gasteiger partial charge on any atom is -0.388 e. The third-order valence-corrected chi connectivity index (χ3v) is 3.36. The lowest BCUT2D eigenvalue weighted by Crippen LogP contribution is -2.39. The van der Waals surface area contributed by atoms with E-state index < -0.39 is 5.60 Å². The lowest BCUT2D eigenvalue weighted by atomic mass is 9.93. The van der Waals surface area contributed by atoms with Crippen molar-refractivity contribution in [3.63, 3.8) is 0 Å². The Labute approximate surface area is 109 Å². The average Bonchev–Trinajstić information content (AvgIpc) is 2.35. The molecule has 0 aliphatic heterocycles. The van der Waals surface area contributed by atoms with E-state index in [1.165, 1.54) is 0 Å². The number of hydrogen-bond acceptors (Lipinski definition) is 5. The van der Waals surface area contributed by atoms with Crippen LogP contribution in [0.15, 0.2) is 0 Å². The van der Waals surface area contributed by atoms with E-state index in [0.717, 1.165) is 24.2 Å². The molecule has 1 heterocycles. The SMILES string of the molecule is CCc1nnc(NCC(C)(O)C(C)C)nc1CC. The predicted molar refractivity (Wildman–Crippen MR) is 72.5 cm³/mol. The highest BCUT2D eigenvalue weighted by molar-refractivity contribution is 5.26. The summed E-state index contributed by atoms with van der Waals surface area (Å²) in [5, 5.41) is 21.4. The van der Waals surface area contributed by atoms with Crippen LogP contribution in [0.4, 0.5) is 5.95 Å². The van der Waals surface area contributed by atoms with Gasteiger partial charge in [-0.2, -0.15) is 5.10 Å². The predicted octanol–water partition coefficient (Wildman–Crippen LogP) is 1.82. The minimum absolute atomic E-state index is 0.165. The molecule has 0 aliphatic carbocycles. The van der Waals surface area contributed by atoms with Crippen LogP contribution >= 0.6 is 0 Å². The van der Waals surface area contributed by atoms with Gasteiger partial charge in [0.2, 0.25) is 5.95 Å². The zero-order valence-electron chi connectivity index (χ0n) is 12.0. The molecule has 1 rings (SSSR count). The van der Waals surface area contributed by atoms with Gasteiger partial charge in [-0.25, -0.2) is 4.98 Å². The van der Waals surface area contributed by atoms with Crippen molar-refractivity contribution in [2.75, 3.05) is 11.9 Å². The molecule has 1 aromatic rings. The molecule has 18 heavy (non-hydrogen) atoms. The highest BCUT2D eigenvalue weighted by atomic mass is 16.3. The first-order chi connectivity index (χ1) is 8.40. The molecule has 0 saturated heterocycles. The van der Waals surface area contributed by atoms with E-state index in [1.807, 2.05) is 20.8 Å². The number of hydrogen-bond donors (Lipinski definition) is 2. The Morgan fingerprint density at radius 2 is 1.78 bits per heavy atom. The van der Waals surface area contributed by atoms with Gasteiger partial charge in [-0.15, -0.1) is 5.10 Å². The zero-order chi connectivity index (χ0) is 13.8. The lowest BCUT2D eigenvalue weighted by molar-refractivity contribution is 0.0264. The van der Waals surface area contributed by atoms with Crippen LogP contribution in [-0.2, 0) is 12.8 Å². The quantitative estimate of drug-likeness (QED) is 0.808. The van der Waals surface area contributed by atoms with Gasteiger partial charge in [-0.1, -0.05) is 27.7 Å². The summed E-state index contributed by atoms with van der Waals surface area (Å²) in [6.45, 7) is 10.3. The van der Waals surface area contributed by atoms with Crippen LogP contribution in [0.25, 0.3) is 0 Å². The van der Waals surface area contributed by atoms with Crippen molar-refractivity contribution in [3.8, 4) is 0 Å². The summed E-state index contributed by atoms with van der Waals surface area (Å²) in [6, 6.07) is 0. The summed E-state index contributed by atoms with van der Waals surface area (Å²) in [4.78, 5) is 4.43. The van der Waals surface area contributed by atoms with E-state index in [0.29, 0.717) is 12.5 Å². The number of aliphatic hydroxyl groups is 1. The molecule has 0 spiro atoms. The zero-order valence-corrected chi connectivity index (χ0v) is 12.0. The maximum Gasteiger partial charge on any atom is 0.243 e. The van der Waals surface area contributed by atoms with E-state index in [9.17, 15) is 5.11 Å². The molecule has 0 aliphatic rings. The molecule has 2 N–H and O–H groups in total. The van der Waals surface area contributed by atoms with E-state index in [1.54, 1.807) is 6.92 Å². The number of rotatable bonds is 6. The molecular weight excluding hydrogens is 228 g/mol. The smallest absolute Gasteiger partial charge is 0.243 e. The van der Waals surface area contributed by atoms with Crippen molar-refractivity contribution in [1.29, 1.82) is 0 Å². The number of anilines is 1. The molecule has 1 unspecified atom stereocenters. The second-order valence-corrected chi connectivity index (χ2v) is 5.10. The van der Waals surface area contributed by atoms with Crippen molar-refractivity contribution in [2.45, 2.75) is 53.1 Å². The van der Waals surface area contributed by atoms with Gasteiger partial charge in [0, 0.05) is 6.54 Å². The first-order valence-corrected chi connectivity index (χ1v) is 6.59. The van der Waals surface area contributed by atoms with Crippen LogP contribution in [0.3, 0.4) is 0 Å². The first-order valence-electron chi connectivity index (χ1n) is 6.59. The topological polar surface area (TPSA) is 70.9 Å². The summed E-state index contributed by atoms with van der Waals surface area (Å²) in [7, 11) is 0. The van der Waals surface area contributed by atoms with Gasteiger partial charge in [-0.3, -0.25) is 0 Å². The van der Waals surface area contributed by atoms with Gasteiger partial charge < -0.3 is 10.4 Å². The van der Waals surface area contributed by atoms with Gasteiger partial charge in [0.05, 0.1) is 17.0 Å². The molecule has 0 bridgehead atoms. The van der Waals surface area contributed by atoms with Gasteiger partial charge >= 0.3 is 0 Å². The second-order valence-electron chi connectivity index (χ2n) is 5.10. The fourth-order valence-electron chi connectivity index (χ4n) is 1.48. The standard InChI is InChI=1S/C13H24N4O/c1-6-10-11(7-2)16-17-12(15-10)14-8-13(5,18)9(3)4/h9,18H,6-8H2,1-5H3,(H,14,15,17). The van der Waals surface area contributed by atoms with Gasteiger partial charge in [0.1, 0.15) is 0 Å². The van der Waals surface area contributed by atoms with Crippen molar-refractivity contribution in [1.82, 2.24) is 15.2 Å². The number of nitrogens with one attached hydrogen (secondary N) is 1. The Morgan fingerprint density at radius 1 is 1.17 bits per heavy atom. The third-order valence-electron chi connectivity index (χ3n) is 3.36. The normalized spacial score (nSPS) is 14.6. The monoisotopic (exact) mass is 252 g/mol. The van der Waals surface area contributed by atoms with Crippen molar-refractivity contribution < 1.29 is 5.11 Å². The van der Waals surface area contributed by atoms with Crippen LogP contribution in [0.1, 0.15) is 46.0 Å². The molecule has 5 heteroatoms. The molecule has 0 amide bonds.